The van der Waals surface area contributed by atoms with Gasteiger partial charge in [0.1, 0.15) is 4.88 Å². The van der Waals surface area contributed by atoms with Crippen LogP contribution in [0.3, 0.4) is 0 Å². The number of nitrogens with one attached hydrogen (secondary N) is 2. The molecule has 0 radical (unpaired) electrons. The van der Waals surface area contributed by atoms with Gasteiger partial charge in [-0.2, -0.15) is 0 Å². The largest absolute Gasteiger partial charge is 0.376 e. The van der Waals surface area contributed by atoms with E-state index < -0.39 is 10.0 Å². The zero-order valence-electron chi connectivity index (χ0n) is 15.5. The topological polar surface area (TPSA) is 97.4 Å². The maximum Gasteiger partial charge on any atom is 0.263 e. The molecule has 146 valence electrons. The van der Waals surface area contributed by atoms with Gasteiger partial charge in [0, 0.05) is 13.2 Å². The summed E-state index contributed by atoms with van der Waals surface area (Å²) < 4.78 is 33.3. The lowest BCUT2D eigenvalue weighted by Gasteiger charge is -2.10. The lowest BCUT2D eigenvalue weighted by molar-refractivity contribution is 0.0860. The first-order chi connectivity index (χ1) is 12.8. The average Bonchev–Trinajstić information content (AvgIpc) is 3.21. The zero-order valence-corrected chi connectivity index (χ0v) is 17.2. The maximum absolute atomic E-state index is 12.7. The molecule has 7 nitrogen and oxygen atoms in total. The van der Waals surface area contributed by atoms with E-state index in [-0.39, 0.29) is 22.0 Å². The number of ether oxygens (including phenoxy) is 1. The van der Waals surface area contributed by atoms with Gasteiger partial charge in [0.25, 0.3) is 15.9 Å². The van der Waals surface area contributed by atoms with Crippen LogP contribution in [0, 0.1) is 20.8 Å². The van der Waals surface area contributed by atoms with Crippen LogP contribution in [0.15, 0.2) is 23.1 Å². The van der Waals surface area contributed by atoms with Crippen molar-refractivity contribution in [3.05, 3.63) is 39.9 Å². The van der Waals surface area contributed by atoms with Crippen LogP contribution in [0.25, 0.3) is 0 Å². The van der Waals surface area contributed by atoms with E-state index in [1.165, 1.54) is 0 Å². The van der Waals surface area contributed by atoms with Gasteiger partial charge < -0.3 is 10.1 Å². The Hall–Kier alpha value is -1.97. The highest BCUT2D eigenvalue weighted by atomic mass is 32.2. The van der Waals surface area contributed by atoms with Crippen molar-refractivity contribution in [2.24, 2.45) is 0 Å². The van der Waals surface area contributed by atoms with Gasteiger partial charge in [-0.25, -0.2) is 13.4 Å². The molecule has 1 fully saturated rings. The predicted octanol–water partition coefficient (Wildman–Crippen LogP) is 2.78. The molecule has 27 heavy (non-hydrogen) atoms. The number of hydrogen-bond acceptors (Lipinski definition) is 6. The molecule has 1 aromatic carbocycles. The van der Waals surface area contributed by atoms with E-state index in [1.54, 1.807) is 26.0 Å². The fourth-order valence-corrected chi connectivity index (χ4v) is 5.36. The highest BCUT2D eigenvalue weighted by molar-refractivity contribution is 7.93. The monoisotopic (exact) mass is 409 g/mol. The van der Waals surface area contributed by atoms with Crippen molar-refractivity contribution in [1.29, 1.82) is 0 Å². The summed E-state index contributed by atoms with van der Waals surface area (Å²) in [4.78, 5) is 17.2. The van der Waals surface area contributed by atoms with Crippen molar-refractivity contribution in [3.63, 3.8) is 0 Å². The van der Waals surface area contributed by atoms with Gasteiger partial charge in [0.15, 0.2) is 5.13 Å². The van der Waals surface area contributed by atoms with Crippen LogP contribution in [0.5, 0.6) is 0 Å². The van der Waals surface area contributed by atoms with Crippen molar-refractivity contribution in [2.75, 3.05) is 17.9 Å². The SMILES string of the molecule is Cc1ccc(S(=O)(=O)Nc2nc(C)c(C(=O)NCC3CCCO3)s2)c(C)c1. The molecule has 1 aliphatic rings. The molecular formula is C18H23N3O4S2. The number of benzene rings is 1. The first-order valence-electron chi connectivity index (χ1n) is 8.73. The molecule has 0 aliphatic carbocycles. The molecule has 1 unspecified atom stereocenters. The van der Waals surface area contributed by atoms with E-state index in [2.05, 4.69) is 15.0 Å². The number of amides is 1. The van der Waals surface area contributed by atoms with Crippen molar-refractivity contribution in [2.45, 2.75) is 44.6 Å². The summed E-state index contributed by atoms with van der Waals surface area (Å²) in [5.41, 5.74) is 2.13. The first-order valence-corrected chi connectivity index (χ1v) is 11.0. The number of aromatic nitrogens is 1. The Kier molecular flexibility index (Phi) is 5.83. The second kappa shape index (κ2) is 7.95. The molecule has 2 aromatic rings. The van der Waals surface area contributed by atoms with Gasteiger partial charge >= 0.3 is 0 Å². The third kappa shape index (κ3) is 4.66. The summed E-state index contributed by atoms with van der Waals surface area (Å²) in [5.74, 6) is -0.266. The van der Waals surface area contributed by atoms with Gasteiger partial charge in [0.2, 0.25) is 0 Å². The standard InChI is InChI=1S/C18H23N3O4S2/c1-11-6-7-15(12(2)9-11)27(23,24)21-18-20-13(3)16(26-18)17(22)19-10-14-5-4-8-25-14/h6-7,9,14H,4-5,8,10H2,1-3H3,(H,19,22)(H,20,21). The molecule has 1 amide bonds. The molecule has 0 saturated carbocycles. The first kappa shape index (κ1) is 19.8. The molecule has 1 aliphatic heterocycles. The van der Waals surface area contributed by atoms with E-state index in [1.807, 2.05) is 13.0 Å². The van der Waals surface area contributed by atoms with Crippen molar-refractivity contribution < 1.29 is 17.9 Å². The van der Waals surface area contributed by atoms with Crippen LogP contribution < -0.4 is 10.0 Å². The molecule has 2 N–H and O–H groups in total. The third-order valence-electron chi connectivity index (χ3n) is 4.36. The normalized spacial score (nSPS) is 17.1. The van der Waals surface area contributed by atoms with Crippen molar-refractivity contribution in [3.8, 4) is 0 Å². The Morgan fingerprint density at radius 1 is 1.33 bits per heavy atom. The maximum atomic E-state index is 12.7. The van der Waals surface area contributed by atoms with Crippen LogP contribution in [0.2, 0.25) is 0 Å². The second-order valence-corrected chi connectivity index (χ2v) is 9.30. The molecule has 3 rings (SSSR count). The number of thiazole rings is 1. The molecule has 0 bridgehead atoms. The zero-order chi connectivity index (χ0) is 19.6. The van der Waals surface area contributed by atoms with E-state index in [9.17, 15) is 13.2 Å². The van der Waals surface area contributed by atoms with Crippen LogP contribution in [0.1, 0.15) is 39.3 Å². The predicted molar refractivity (Wildman–Crippen MR) is 105 cm³/mol. The van der Waals surface area contributed by atoms with Gasteiger partial charge in [-0.05, 0) is 45.2 Å². The highest BCUT2D eigenvalue weighted by Gasteiger charge is 2.23. The average molecular weight is 410 g/mol. The van der Waals surface area contributed by atoms with E-state index in [4.69, 9.17) is 4.74 Å². The Balaban J connectivity index is 1.72. The van der Waals surface area contributed by atoms with Crippen molar-refractivity contribution in [1.82, 2.24) is 10.3 Å². The summed E-state index contributed by atoms with van der Waals surface area (Å²) in [5, 5.41) is 3.01. The number of carbonyl (C=O) groups excluding carboxylic acids is 1. The van der Waals surface area contributed by atoms with Crippen LogP contribution in [0.4, 0.5) is 5.13 Å². The summed E-state index contributed by atoms with van der Waals surface area (Å²) in [6.07, 6.45) is 1.98. The Bertz CT molecular complexity index is 948. The number of anilines is 1. The van der Waals surface area contributed by atoms with Crippen LogP contribution in [-0.2, 0) is 14.8 Å². The fourth-order valence-electron chi connectivity index (χ4n) is 3.01. The number of aryl methyl sites for hydroxylation is 3. The smallest absolute Gasteiger partial charge is 0.263 e. The van der Waals surface area contributed by atoms with Crippen molar-refractivity contribution >= 4 is 32.4 Å². The molecule has 9 heteroatoms. The number of hydrogen-bond donors (Lipinski definition) is 2. The third-order valence-corrected chi connectivity index (χ3v) is 7.06. The lowest BCUT2D eigenvalue weighted by atomic mass is 10.2. The van der Waals surface area contributed by atoms with E-state index in [0.29, 0.717) is 22.7 Å². The molecule has 1 saturated heterocycles. The number of rotatable bonds is 6. The van der Waals surface area contributed by atoms with Gasteiger partial charge in [-0.1, -0.05) is 29.0 Å². The van der Waals surface area contributed by atoms with Gasteiger partial charge in [-0.15, -0.1) is 0 Å². The summed E-state index contributed by atoms with van der Waals surface area (Å²) >= 11 is 1.03. The Morgan fingerprint density at radius 3 is 2.78 bits per heavy atom. The quantitative estimate of drug-likeness (QED) is 0.765. The summed E-state index contributed by atoms with van der Waals surface area (Å²) in [6.45, 7) is 6.51. The minimum absolute atomic E-state index is 0.0460. The minimum Gasteiger partial charge on any atom is -0.376 e. The summed E-state index contributed by atoms with van der Waals surface area (Å²) in [6, 6.07) is 5.13. The fraction of sp³-hybridized carbons (Fsp3) is 0.444. The van der Waals surface area contributed by atoms with E-state index >= 15 is 0 Å². The molecule has 2 heterocycles. The molecule has 1 atom stereocenters. The van der Waals surface area contributed by atoms with Gasteiger partial charge in [0.05, 0.1) is 16.7 Å². The summed E-state index contributed by atoms with van der Waals surface area (Å²) in [7, 11) is -3.77. The van der Waals surface area contributed by atoms with E-state index in [0.717, 1.165) is 36.3 Å². The number of carbonyl (C=O) groups is 1. The second-order valence-electron chi connectivity index (χ2n) is 6.65. The van der Waals surface area contributed by atoms with Gasteiger partial charge in [-0.3, -0.25) is 9.52 Å². The lowest BCUT2D eigenvalue weighted by Crippen LogP contribution is -2.31. The minimum atomic E-state index is -3.77. The molecule has 0 spiro atoms. The highest BCUT2D eigenvalue weighted by Crippen LogP contribution is 2.26. The Labute approximate surface area is 163 Å². The number of nitrogens with zero attached hydrogens (tertiary/aromatic N) is 1. The molecular weight excluding hydrogens is 386 g/mol. The Morgan fingerprint density at radius 2 is 2.11 bits per heavy atom. The van der Waals surface area contributed by atoms with Crippen LogP contribution in [-0.4, -0.2) is 38.6 Å². The number of sulfonamides is 1. The molecule has 1 aromatic heterocycles. The van der Waals surface area contributed by atoms with Crippen LogP contribution >= 0.6 is 11.3 Å².